The quantitative estimate of drug-likeness (QED) is 0.880. The first-order valence-electron chi connectivity index (χ1n) is 6.63. The van der Waals surface area contributed by atoms with E-state index in [9.17, 15) is 18.0 Å². The molecule has 2 rings (SSSR count). The standard InChI is InChI=1S/C14H13F3N4O2/c15-14(16,17)4-6-23-12-2-1-10(7-19-12)8-20-13(22)11-3-5-18-9-21-11/h1-3,5,7,9H,4,6,8H2,(H,20,22). The number of amides is 1. The molecule has 0 spiro atoms. The third-order valence-electron chi connectivity index (χ3n) is 2.70. The van der Waals surface area contributed by atoms with E-state index in [-0.39, 0.29) is 24.0 Å². The molecule has 0 saturated heterocycles. The number of hydrogen-bond acceptors (Lipinski definition) is 5. The minimum atomic E-state index is -4.26. The number of rotatable bonds is 6. The van der Waals surface area contributed by atoms with Crippen molar-refractivity contribution in [1.82, 2.24) is 20.3 Å². The van der Waals surface area contributed by atoms with Crippen LogP contribution in [0.1, 0.15) is 22.5 Å². The molecule has 0 unspecified atom stereocenters. The second-order valence-electron chi connectivity index (χ2n) is 4.50. The summed E-state index contributed by atoms with van der Waals surface area (Å²) in [6.45, 7) is -0.279. The molecule has 2 aromatic rings. The van der Waals surface area contributed by atoms with Gasteiger partial charge in [0.1, 0.15) is 12.0 Å². The highest BCUT2D eigenvalue weighted by atomic mass is 19.4. The predicted octanol–water partition coefficient (Wildman–Crippen LogP) is 2.13. The summed E-state index contributed by atoms with van der Waals surface area (Å²) in [4.78, 5) is 23.2. The summed E-state index contributed by atoms with van der Waals surface area (Å²) in [6, 6.07) is 4.53. The van der Waals surface area contributed by atoms with Crippen molar-refractivity contribution in [3.05, 3.63) is 48.2 Å². The van der Waals surface area contributed by atoms with Crippen molar-refractivity contribution < 1.29 is 22.7 Å². The van der Waals surface area contributed by atoms with Crippen LogP contribution in [0.5, 0.6) is 5.88 Å². The Kier molecular flexibility index (Phi) is 5.45. The van der Waals surface area contributed by atoms with Crippen LogP contribution in [-0.4, -0.2) is 33.6 Å². The Balaban J connectivity index is 1.80. The van der Waals surface area contributed by atoms with E-state index in [1.807, 2.05) is 0 Å². The molecular weight excluding hydrogens is 313 g/mol. The normalized spacial score (nSPS) is 11.1. The van der Waals surface area contributed by atoms with Crippen LogP contribution in [-0.2, 0) is 6.54 Å². The van der Waals surface area contributed by atoms with Crippen molar-refractivity contribution in [2.75, 3.05) is 6.61 Å². The highest BCUT2D eigenvalue weighted by molar-refractivity contribution is 5.91. The summed E-state index contributed by atoms with van der Waals surface area (Å²) in [5.74, 6) is -0.266. The Morgan fingerprint density at radius 3 is 2.65 bits per heavy atom. The zero-order valence-electron chi connectivity index (χ0n) is 11.9. The van der Waals surface area contributed by atoms with Gasteiger partial charge in [0.15, 0.2) is 0 Å². The van der Waals surface area contributed by atoms with E-state index in [2.05, 4.69) is 20.3 Å². The van der Waals surface area contributed by atoms with E-state index < -0.39 is 19.2 Å². The topological polar surface area (TPSA) is 77.0 Å². The average Bonchev–Trinajstić information content (AvgIpc) is 2.53. The van der Waals surface area contributed by atoms with Crippen LogP contribution in [0, 0.1) is 0 Å². The molecule has 0 bridgehead atoms. The molecule has 0 aliphatic rings. The van der Waals surface area contributed by atoms with Crippen LogP contribution < -0.4 is 10.1 Å². The van der Waals surface area contributed by atoms with Gasteiger partial charge in [-0.3, -0.25) is 4.79 Å². The lowest BCUT2D eigenvalue weighted by molar-refractivity contribution is -0.139. The lowest BCUT2D eigenvalue weighted by Gasteiger charge is -2.08. The van der Waals surface area contributed by atoms with E-state index in [0.29, 0.717) is 5.56 Å². The number of ether oxygens (including phenoxy) is 1. The van der Waals surface area contributed by atoms with E-state index in [4.69, 9.17) is 4.74 Å². The van der Waals surface area contributed by atoms with E-state index >= 15 is 0 Å². The van der Waals surface area contributed by atoms with E-state index in [1.54, 1.807) is 6.07 Å². The Morgan fingerprint density at radius 1 is 1.22 bits per heavy atom. The summed E-state index contributed by atoms with van der Waals surface area (Å²) in [7, 11) is 0. The van der Waals surface area contributed by atoms with Gasteiger partial charge in [0, 0.05) is 25.0 Å². The molecule has 2 aromatic heterocycles. The van der Waals surface area contributed by atoms with Crippen LogP contribution in [0.4, 0.5) is 13.2 Å². The molecule has 2 heterocycles. The summed E-state index contributed by atoms with van der Waals surface area (Å²) < 4.78 is 40.9. The highest BCUT2D eigenvalue weighted by Crippen LogP contribution is 2.19. The lowest BCUT2D eigenvalue weighted by Crippen LogP contribution is -2.23. The maximum Gasteiger partial charge on any atom is 0.392 e. The highest BCUT2D eigenvalue weighted by Gasteiger charge is 2.26. The zero-order valence-corrected chi connectivity index (χ0v) is 11.9. The van der Waals surface area contributed by atoms with Crippen LogP contribution in [0.15, 0.2) is 36.9 Å². The van der Waals surface area contributed by atoms with Gasteiger partial charge in [0.2, 0.25) is 5.88 Å². The van der Waals surface area contributed by atoms with Crippen molar-refractivity contribution in [3.63, 3.8) is 0 Å². The van der Waals surface area contributed by atoms with Gasteiger partial charge in [-0.15, -0.1) is 0 Å². The second-order valence-corrected chi connectivity index (χ2v) is 4.50. The zero-order chi connectivity index (χ0) is 16.7. The third-order valence-corrected chi connectivity index (χ3v) is 2.70. The molecule has 1 N–H and O–H groups in total. The maximum absolute atomic E-state index is 12.0. The molecule has 0 radical (unpaired) electrons. The van der Waals surface area contributed by atoms with Crippen LogP contribution in [0.3, 0.4) is 0 Å². The Labute approximate surface area is 129 Å². The first kappa shape index (κ1) is 16.7. The Bertz CT molecular complexity index is 633. The summed E-state index contributed by atoms with van der Waals surface area (Å²) >= 11 is 0. The number of pyridine rings is 1. The van der Waals surface area contributed by atoms with Gasteiger partial charge in [0.05, 0.1) is 13.0 Å². The molecule has 0 fully saturated rings. The molecular formula is C14H13F3N4O2. The minimum absolute atomic E-state index is 0.0973. The van der Waals surface area contributed by atoms with Gasteiger partial charge in [-0.2, -0.15) is 13.2 Å². The summed E-state index contributed by atoms with van der Waals surface area (Å²) in [5, 5.41) is 2.64. The van der Waals surface area contributed by atoms with Gasteiger partial charge in [-0.1, -0.05) is 6.07 Å². The van der Waals surface area contributed by atoms with Crippen molar-refractivity contribution >= 4 is 5.91 Å². The van der Waals surface area contributed by atoms with E-state index in [0.717, 1.165) is 0 Å². The number of nitrogens with one attached hydrogen (secondary N) is 1. The molecule has 9 heteroatoms. The average molecular weight is 326 g/mol. The van der Waals surface area contributed by atoms with Gasteiger partial charge in [-0.05, 0) is 11.6 Å². The number of nitrogens with zero attached hydrogens (tertiary/aromatic N) is 3. The summed E-state index contributed by atoms with van der Waals surface area (Å²) in [5.41, 5.74) is 0.913. The van der Waals surface area contributed by atoms with Crippen molar-refractivity contribution in [2.45, 2.75) is 19.1 Å². The number of aromatic nitrogens is 3. The smallest absolute Gasteiger partial charge is 0.392 e. The molecule has 0 atom stereocenters. The second kappa shape index (κ2) is 7.52. The third kappa shape index (κ3) is 5.89. The van der Waals surface area contributed by atoms with Gasteiger partial charge in [-0.25, -0.2) is 15.0 Å². The largest absolute Gasteiger partial charge is 0.477 e. The van der Waals surface area contributed by atoms with Gasteiger partial charge >= 0.3 is 6.18 Å². The minimum Gasteiger partial charge on any atom is -0.477 e. The van der Waals surface area contributed by atoms with Gasteiger partial charge < -0.3 is 10.1 Å². The van der Waals surface area contributed by atoms with Gasteiger partial charge in [0.25, 0.3) is 5.91 Å². The van der Waals surface area contributed by atoms with Crippen molar-refractivity contribution in [3.8, 4) is 5.88 Å². The van der Waals surface area contributed by atoms with Crippen molar-refractivity contribution in [2.24, 2.45) is 0 Å². The molecule has 23 heavy (non-hydrogen) atoms. The maximum atomic E-state index is 12.0. The van der Waals surface area contributed by atoms with Crippen molar-refractivity contribution in [1.29, 1.82) is 0 Å². The monoisotopic (exact) mass is 326 g/mol. The number of hydrogen-bond donors (Lipinski definition) is 1. The molecule has 122 valence electrons. The van der Waals surface area contributed by atoms with Crippen LogP contribution in [0.2, 0.25) is 0 Å². The first-order chi connectivity index (χ1) is 10.9. The molecule has 0 aromatic carbocycles. The van der Waals surface area contributed by atoms with Crippen LogP contribution >= 0.6 is 0 Å². The molecule has 0 aliphatic carbocycles. The number of halogens is 3. The number of carbonyl (C=O) groups excluding carboxylic acids is 1. The fourth-order valence-corrected chi connectivity index (χ4v) is 1.57. The molecule has 1 amide bonds. The Morgan fingerprint density at radius 2 is 2.04 bits per heavy atom. The molecule has 0 aliphatic heterocycles. The first-order valence-corrected chi connectivity index (χ1v) is 6.63. The fourth-order valence-electron chi connectivity index (χ4n) is 1.57. The van der Waals surface area contributed by atoms with Crippen LogP contribution in [0.25, 0.3) is 0 Å². The molecule has 6 nitrogen and oxygen atoms in total. The Hall–Kier alpha value is -2.71. The fraction of sp³-hybridized carbons (Fsp3) is 0.286. The lowest BCUT2D eigenvalue weighted by atomic mass is 10.2. The SMILES string of the molecule is O=C(NCc1ccc(OCCC(F)(F)F)nc1)c1ccncn1. The summed E-state index contributed by atoms with van der Waals surface area (Å²) in [6.07, 6.45) is -1.15. The molecule has 0 saturated carbocycles. The number of alkyl halides is 3. The van der Waals surface area contributed by atoms with E-state index in [1.165, 1.54) is 30.9 Å². The number of carbonyl (C=O) groups is 1. The predicted molar refractivity (Wildman–Crippen MR) is 73.6 cm³/mol.